The molecular weight excluding hydrogens is 361 g/mol. The largest absolute Gasteiger partial charge is 0.417 e. The highest BCUT2D eigenvalue weighted by Gasteiger charge is 2.39. The van der Waals surface area contributed by atoms with Crippen LogP contribution in [0.3, 0.4) is 0 Å². The minimum absolute atomic E-state index is 0.100. The van der Waals surface area contributed by atoms with Crippen molar-refractivity contribution < 1.29 is 22.8 Å². The summed E-state index contributed by atoms with van der Waals surface area (Å²) in [7, 11) is 0. The first-order chi connectivity index (χ1) is 12.8. The van der Waals surface area contributed by atoms with Crippen molar-refractivity contribution in [2.75, 3.05) is 32.7 Å². The molecule has 0 aliphatic carbocycles. The standard InChI is InChI=1S/C18H19F3N4O2/c1-2-22-17(27)25-9-7-24(8-10-25)16(26)13-11-23-14-6-4-3-5-12(14)15(13)18(19,20)21/h3-6,11H,2,7-10H2,1H3,(H,22,27). The van der Waals surface area contributed by atoms with Gasteiger partial charge in [0.2, 0.25) is 0 Å². The Bertz CT molecular complexity index is 861. The zero-order chi connectivity index (χ0) is 19.6. The number of nitrogens with zero attached hydrogens (tertiary/aromatic N) is 3. The van der Waals surface area contributed by atoms with Crippen LogP contribution in [0, 0.1) is 0 Å². The van der Waals surface area contributed by atoms with Crippen molar-refractivity contribution in [1.29, 1.82) is 0 Å². The monoisotopic (exact) mass is 380 g/mol. The molecule has 1 aliphatic rings. The Labute approximate surface area is 154 Å². The molecule has 2 aromatic rings. The van der Waals surface area contributed by atoms with Gasteiger partial charge in [-0.3, -0.25) is 9.78 Å². The van der Waals surface area contributed by atoms with Gasteiger partial charge in [-0.1, -0.05) is 18.2 Å². The molecule has 1 aliphatic heterocycles. The van der Waals surface area contributed by atoms with Crippen LogP contribution in [0.25, 0.3) is 10.9 Å². The highest BCUT2D eigenvalue weighted by molar-refractivity contribution is 6.00. The Hall–Kier alpha value is -2.84. The van der Waals surface area contributed by atoms with Gasteiger partial charge < -0.3 is 15.1 Å². The summed E-state index contributed by atoms with van der Waals surface area (Å²) in [6.45, 7) is 3.14. The Morgan fingerprint density at radius 3 is 2.37 bits per heavy atom. The van der Waals surface area contributed by atoms with Crippen molar-refractivity contribution in [3.63, 3.8) is 0 Å². The number of piperazine rings is 1. The summed E-state index contributed by atoms with van der Waals surface area (Å²) in [6.07, 6.45) is -3.69. The molecule has 6 nitrogen and oxygen atoms in total. The molecule has 2 heterocycles. The number of carbonyl (C=O) groups is 2. The number of rotatable bonds is 2. The van der Waals surface area contributed by atoms with Gasteiger partial charge in [-0.15, -0.1) is 0 Å². The Morgan fingerprint density at radius 2 is 1.74 bits per heavy atom. The van der Waals surface area contributed by atoms with Gasteiger partial charge in [-0.2, -0.15) is 13.2 Å². The third-order valence-corrected chi connectivity index (χ3v) is 4.47. The van der Waals surface area contributed by atoms with E-state index >= 15 is 0 Å². The average molecular weight is 380 g/mol. The molecule has 3 amide bonds. The van der Waals surface area contributed by atoms with Crippen LogP contribution in [-0.2, 0) is 6.18 Å². The third kappa shape index (κ3) is 3.81. The highest BCUT2D eigenvalue weighted by Crippen LogP contribution is 2.37. The van der Waals surface area contributed by atoms with Crippen LogP contribution >= 0.6 is 0 Å². The number of hydrogen-bond donors (Lipinski definition) is 1. The van der Waals surface area contributed by atoms with Crippen LogP contribution in [0.5, 0.6) is 0 Å². The predicted molar refractivity (Wildman–Crippen MR) is 93.3 cm³/mol. The summed E-state index contributed by atoms with van der Waals surface area (Å²) < 4.78 is 41.1. The van der Waals surface area contributed by atoms with Gasteiger partial charge in [0.25, 0.3) is 5.91 Å². The smallest absolute Gasteiger partial charge is 0.338 e. The molecule has 27 heavy (non-hydrogen) atoms. The fourth-order valence-corrected chi connectivity index (χ4v) is 3.15. The molecule has 0 saturated carbocycles. The highest BCUT2D eigenvalue weighted by atomic mass is 19.4. The van der Waals surface area contributed by atoms with Crippen LogP contribution < -0.4 is 5.32 Å². The second-order valence-corrected chi connectivity index (χ2v) is 6.18. The number of carbonyl (C=O) groups excluding carboxylic acids is 2. The number of para-hydroxylation sites is 1. The van der Waals surface area contributed by atoms with Crippen molar-refractivity contribution in [1.82, 2.24) is 20.1 Å². The Kier molecular flexibility index (Phi) is 5.20. The summed E-state index contributed by atoms with van der Waals surface area (Å²) in [5.41, 5.74) is -1.25. The lowest BCUT2D eigenvalue weighted by atomic mass is 10.0. The number of halogens is 3. The second-order valence-electron chi connectivity index (χ2n) is 6.18. The van der Waals surface area contributed by atoms with Crippen LogP contribution in [0.2, 0.25) is 0 Å². The lowest BCUT2D eigenvalue weighted by Gasteiger charge is -2.35. The van der Waals surface area contributed by atoms with Crippen LogP contribution in [0.4, 0.5) is 18.0 Å². The lowest BCUT2D eigenvalue weighted by Crippen LogP contribution is -2.53. The molecule has 0 bridgehead atoms. The Morgan fingerprint density at radius 1 is 1.11 bits per heavy atom. The van der Waals surface area contributed by atoms with E-state index in [2.05, 4.69) is 10.3 Å². The average Bonchev–Trinajstić information content (AvgIpc) is 2.66. The van der Waals surface area contributed by atoms with Crippen molar-refractivity contribution in [3.05, 3.63) is 41.6 Å². The molecule has 0 radical (unpaired) electrons. The van der Waals surface area contributed by atoms with Crippen molar-refractivity contribution in [2.24, 2.45) is 0 Å². The van der Waals surface area contributed by atoms with Gasteiger partial charge in [-0.25, -0.2) is 4.79 Å². The zero-order valence-corrected chi connectivity index (χ0v) is 14.7. The molecule has 0 spiro atoms. The molecule has 1 aromatic carbocycles. The van der Waals surface area contributed by atoms with Gasteiger partial charge in [0, 0.05) is 44.3 Å². The lowest BCUT2D eigenvalue weighted by molar-refractivity contribution is -0.136. The van der Waals surface area contributed by atoms with Gasteiger partial charge in [-0.05, 0) is 13.0 Å². The first-order valence-corrected chi connectivity index (χ1v) is 8.60. The molecule has 9 heteroatoms. The van der Waals surface area contributed by atoms with Crippen LogP contribution in [0.1, 0.15) is 22.8 Å². The summed E-state index contributed by atoms with van der Waals surface area (Å²) in [5.74, 6) is -0.726. The Balaban J connectivity index is 1.88. The summed E-state index contributed by atoms with van der Waals surface area (Å²) in [6, 6.07) is 5.63. The number of pyridine rings is 1. The minimum atomic E-state index is -4.68. The van der Waals surface area contributed by atoms with E-state index < -0.39 is 23.2 Å². The number of alkyl halides is 3. The maximum absolute atomic E-state index is 13.7. The minimum Gasteiger partial charge on any atom is -0.338 e. The van der Waals surface area contributed by atoms with Gasteiger partial charge >= 0.3 is 12.2 Å². The van der Waals surface area contributed by atoms with E-state index in [-0.39, 0.29) is 43.1 Å². The normalized spacial score (nSPS) is 15.1. The van der Waals surface area contributed by atoms with Crippen LogP contribution in [-0.4, -0.2) is 59.4 Å². The quantitative estimate of drug-likeness (QED) is 0.871. The number of aromatic nitrogens is 1. The number of hydrogen-bond acceptors (Lipinski definition) is 3. The van der Waals surface area contributed by atoms with Crippen LogP contribution in [0.15, 0.2) is 30.5 Å². The molecule has 1 N–H and O–H groups in total. The number of fused-ring (bicyclic) bond motifs is 1. The van der Waals surface area contributed by atoms with Gasteiger partial charge in [0.05, 0.1) is 16.6 Å². The summed E-state index contributed by atoms with van der Waals surface area (Å²) >= 11 is 0. The van der Waals surface area contributed by atoms with E-state index in [1.807, 2.05) is 0 Å². The van der Waals surface area contributed by atoms with E-state index in [0.29, 0.717) is 6.54 Å². The molecule has 0 atom stereocenters. The molecule has 144 valence electrons. The van der Waals surface area contributed by atoms with E-state index in [0.717, 1.165) is 6.20 Å². The molecule has 0 unspecified atom stereocenters. The first-order valence-electron chi connectivity index (χ1n) is 8.60. The van der Waals surface area contributed by atoms with E-state index in [9.17, 15) is 22.8 Å². The summed E-state index contributed by atoms with van der Waals surface area (Å²) in [5, 5.41) is 2.56. The van der Waals surface area contributed by atoms with E-state index in [1.165, 1.54) is 28.0 Å². The number of nitrogens with one attached hydrogen (secondary N) is 1. The van der Waals surface area contributed by atoms with Gasteiger partial charge in [0.15, 0.2) is 0 Å². The first kappa shape index (κ1) is 18.9. The zero-order valence-electron chi connectivity index (χ0n) is 14.7. The van der Waals surface area contributed by atoms with Gasteiger partial charge in [0.1, 0.15) is 0 Å². The second kappa shape index (κ2) is 7.42. The molecule has 1 saturated heterocycles. The molecule has 1 aromatic heterocycles. The summed E-state index contributed by atoms with van der Waals surface area (Å²) in [4.78, 5) is 31.5. The fourth-order valence-electron chi connectivity index (χ4n) is 3.15. The maximum Gasteiger partial charge on any atom is 0.417 e. The number of urea groups is 1. The molecular formula is C18H19F3N4O2. The van der Waals surface area contributed by atoms with Crippen molar-refractivity contribution in [3.8, 4) is 0 Å². The van der Waals surface area contributed by atoms with E-state index in [4.69, 9.17) is 0 Å². The SMILES string of the molecule is CCNC(=O)N1CCN(C(=O)c2cnc3ccccc3c2C(F)(F)F)CC1. The molecule has 1 fully saturated rings. The molecule has 3 rings (SSSR count). The number of amides is 3. The number of benzene rings is 1. The third-order valence-electron chi connectivity index (χ3n) is 4.47. The van der Waals surface area contributed by atoms with Crippen molar-refractivity contribution in [2.45, 2.75) is 13.1 Å². The topological polar surface area (TPSA) is 65.5 Å². The van der Waals surface area contributed by atoms with E-state index in [1.54, 1.807) is 13.0 Å². The van der Waals surface area contributed by atoms with Crippen molar-refractivity contribution >= 4 is 22.8 Å². The fraction of sp³-hybridized carbons (Fsp3) is 0.389. The maximum atomic E-state index is 13.7. The predicted octanol–water partition coefficient (Wildman–Crippen LogP) is 2.74.